The molecule has 4 nitrogen and oxygen atoms in total. The normalized spacial score (nSPS) is 23.6. The molecule has 0 aromatic heterocycles. The van der Waals surface area contributed by atoms with Gasteiger partial charge in [0.05, 0.1) is 0 Å². The van der Waals surface area contributed by atoms with Crippen molar-refractivity contribution in [2.45, 2.75) is 39.3 Å². The Morgan fingerprint density at radius 1 is 1.40 bits per heavy atom. The number of benzene rings is 1. The van der Waals surface area contributed by atoms with Crippen molar-refractivity contribution in [2.75, 3.05) is 18.4 Å². The van der Waals surface area contributed by atoms with Gasteiger partial charge in [-0.2, -0.15) is 0 Å². The Morgan fingerprint density at radius 3 is 2.70 bits per heavy atom. The van der Waals surface area contributed by atoms with Gasteiger partial charge < -0.3 is 11.1 Å². The number of nitrogens with two attached hydrogens (primary N) is 1. The Hall–Kier alpha value is -1.39. The summed E-state index contributed by atoms with van der Waals surface area (Å²) in [5, 5.41) is 2.79. The lowest BCUT2D eigenvalue weighted by Gasteiger charge is -2.38. The molecular weight excluding hydrogens is 250 g/mol. The van der Waals surface area contributed by atoms with Crippen LogP contribution in [-0.4, -0.2) is 29.9 Å². The van der Waals surface area contributed by atoms with E-state index in [-0.39, 0.29) is 5.91 Å². The molecule has 1 saturated heterocycles. The number of carbonyl (C=O) groups is 1. The van der Waals surface area contributed by atoms with Crippen molar-refractivity contribution in [3.63, 3.8) is 0 Å². The number of hydrogen-bond donors (Lipinski definition) is 2. The summed E-state index contributed by atoms with van der Waals surface area (Å²) in [5.74, 6) is 0.743. The molecule has 1 aliphatic heterocycles. The fourth-order valence-corrected chi connectivity index (χ4v) is 2.88. The smallest absolute Gasteiger partial charge is 0.221 e. The van der Waals surface area contributed by atoms with Crippen LogP contribution in [0.25, 0.3) is 0 Å². The molecule has 2 rings (SSSR count). The maximum absolute atomic E-state index is 11.0. The molecule has 1 fully saturated rings. The first-order valence-electron chi connectivity index (χ1n) is 7.39. The van der Waals surface area contributed by atoms with Gasteiger partial charge in [-0.25, -0.2) is 0 Å². The van der Waals surface area contributed by atoms with E-state index < -0.39 is 0 Å². The Kier molecular flexibility index (Phi) is 5.15. The van der Waals surface area contributed by atoms with E-state index in [0.29, 0.717) is 6.04 Å². The Morgan fingerprint density at radius 2 is 2.10 bits per heavy atom. The van der Waals surface area contributed by atoms with Gasteiger partial charge in [0, 0.05) is 31.7 Å². The standard InChI is InChI=1S/C16H25N3O/c1-12-7-8-19(16(9-12)10-17)11-14-3-5-15(6-4-14)18-13(2)20/h3-6,12,16H,7-11,17H2,1-2H3,(H,18,20). The van der Waals surface area contributed by atoms with Gasteiger partial charge in [0.15, 0.2) is 0 Å². The molecule has 1 heterocycles. The van der Waals surface area contributed by atoms with Crippen molar-refractivity contribution in [1.82, 2.24) is 4.90 Å². The highest BCUT2D eigenvalue weighted by Gasteiger charge is 2.24. The number of carbonyl (C=O) groups excluding carboxylic acids is 1. The van der Waals surface area contributed by atoms with Gasteiger partial charge >= 0.3 is 0 Å². The first-order chi connectivity index (χ1) is 9.58. The second kappa shape index (κ2) is 6.86. The van der Waals surface area contributed by atoms with E-state index in [2.05, 4.69) is 29.3 Å². The van der Waals surface area contributed by atoms with Gasteiger partial charge in [0.2, 0.25) is 5.91 Å². The van der Waals surface area contributed by atoms with Crippen LogP contribution in [0, 0.1) is 5.92 Å². The molecule has 1 aromatic carbocycles. The van der Waals surface area contributed by atoms with Crippen molar-refractivity contribution in [1.29, 1.82) is 0 Å². The molecule has 20 heavy (non-hydrogen) atoms. The van der Waals surface area contributed by atoms with E-state index in [1.54, 1.807) is 0 Å². The third-order valence-electron chi connectivity index (χ3n) is 4.03. The number of anilines is 1. The minimum Gasteiger partial charge on any atom is -0.329 e. The maximum Gasteiger partial charge on any atom is 0.221 e. The molecule has 2 atom stereocenters. The van der Waals surface area contributed by atoms with Crippen LogP contribution in [0.4, 0.5) is 5.69 Å². The van der Waals surface area contributed by atoms with E-state index in [9.17, 15) is 4.79 Å². The van der Waals surface area contributed by atoms with Crippen LogP contribution in [0.15, 0.2) is 24.3 Å². The molecule has 0 bridgehead atoms. The summed E-state index contributed by atoms with van der Waals surface area (Å²) in [4.78, 5) is 13.5. The Labute approximate surface area is 121 Å². The zero-order chi connectivity index (χ0) is 14.5. The highest BCUT2D eigenvalue weighted by Crippen LogP contribution is 2.24. The van der Waals surface area contributed by atoms with Gasteiger partial charge in [-0.15, -0.1) is 0 Å². The quantitative estimate of drug-likeness (QED) is 0.885. The second-order valence-corrected chi connectivity index (χ2v) is 5.87. The number of amides is 1. The Bertz CT molecular complexity index is 444. The fraction of sp³-hybridized carbons (Fsp3) is 0.562. The summed E-state index contributed by atoms with van der Waals surface area (Å²) in [6.45, 7) is 6.62. The van der Waals surface area contributed by atoms with Crippen molar-refractivity contribution >= 4 is 11.6 Å². The topological polar surface area (TPSA) is 58.4 Å². The number of nitrogens with one attached hydrogen (secondary N) is 1. The highest BCUT2D eigenvalue weighted by molar-refractivity contribution is 5.88. The highest BCUT2D eigenvalue weighted by atomic mass is 16.1. The van der Waals surface area contributed by atoms with Gasteiger partial charge in [-0.05, 0) is 43.0 Å². The van der Waals surface area contributed by atoms with Crippen LogP contribution in [0.5, 0.6) is 0 Å². The Balaban J connectivity index is 1.96. The van der Waals surface area contributed by atoms with Crippen LogP contribution >= 0.6 is 0 Å². The average Bonchev–Trinajstić information content (AvgIpc) is 2.42. The molecule has 0 radical (unpaired) electrons. The lowest BCUT2D eigenvalue weighted by atomic mass is 9.92. The summed E-state index contributed by atoms with van der Waals surface area (Å²) >= 11 is 0. The molecule has 0 spiro atoms. The molecule has 4 heteroatoms. The molecule has 2 unspecified atom stereocenters. The van der Waals surface area contributed by atoms with Gasteiger partial charge in [0.1, 0.15) is 0 Å². The van der Waals surface area contributed by atoms with E-state index in [1.165, 1.54) is 25.3 Å². The predicted octanol–water partition coefficient (Wildman–Crippen LogP) is 2.20. The molecule has 0 saturated carbocycles. The van der Waals surface area contributed by atoms with Crippen molar-refractivity contribution in [2.24, 2.45) is 11.7 Å². The van der Waals surface area contributed by atoms with Crippen LogP contribution in [0.2, 0.25) is 0 Å². The molecule has 1 amide bonds. The van der Waals surface area contributed by atoms with E-state index >= 15 is 0 Å². The fourth-order valence-electron chi connectivity index (χ4n) is 2.88. The molecular formula is C16H25N3O. The average molecular weight is 275 g/mol. The first kappa shape index (κ1) is 15.0. The lowest BCUT2D eigenvalue weighted by molar-refractivity contribution is -0.114. The van der Waals surface area contributed by atoms with E-state index in [1.807, 2.05) is 12.1 Å². The molecule has 3 N–H and O–H groups in total. The van der Waals surface area contributed by atoms with Gasteiger partial charge in [0.25, 0.3) is 0 Å². The monoisotopic (exact) mass is 275 g/mol. The summed E-state index contributed by atoms with van der Waals surface area (Å²) in [6.07, 6.45) is 2.45. The number of likely N-dealkylation sites (tertiary alicyclic amines) is 1. The number of rotatable bonds is 4. The zero-order valence-corrected chi connectivity index (χ0v) is 12.4. The first-order valence-corrected chi connectivity index (χ1v) is 7.39. The summed E-state index contributed by atoms with van der Waals surface area (Å²) in [6, 6.07) is 8.57. The number of nitrogens with zero attached hydrogens (tertiary/aromatic N) is 1. The van der Waals surface area contributed by atoms with Crippen LogP contribution in [0.3, 0.4) is 0 Å². The van der Waals surface area contributed by atoms with E-state index in [4.69, 9.17) is 5.73 Å². The number of hydrogen-bond acceptors (Lipinski definition) is 3. The predicted molar refractivity (Wildman–Crippen MR) is 82.4 cm³/mol. The van der Waals surface area contributed by atoms with Crippen molar-refractivity contribution in [3.05, 3.63) is 29.8 Å². The van der Waals surface area contributed by atoms with Crippen molar-refractivity contribution < 1.29 is 4.79 Å². The van der Waals surface area contributed by atoms with Gasteiger partial charge in [-0.3, -0.25) is 9.69 Å². The molecule has 1 aromatic rings. The third kappa shape index (κ3) is 4.05. The zero-order valence-electron chi connectivity index (χ0n) is 12.4. The van der Waals surface area contributed by atoms with Crippen molar-refractivity contribution in [3.8, 4) is 0 Å². The number of piperidine rings is 1. The summed E-state index contributed by atoms with van der Waals surface area (Å²) in [5.41, 5.74) is 8.02. The molecule has 0 aliphatic carbocycles. The SMILES string of the molecule is CC(=O)Nc1ccc(CN2CCC(C)CC2CN)cc1. The minimum atomic E-state index is -0.0361. The van der Waals surface area contributed by atoms with Crippen LogP contribution < -0.4 is 11.1 Å². The molecule has 1 aliphatic rings. The summed E-state index contributed by atoms with van der Waals surface area (Å²) in [7, 11) is 0. The minimum absolute atomic E-state index is 0.0361. The largest absolute Gasteiger partial charge is 0.329 e. The second-order valence-electron chi connectivity index (χ2n) is 5.87. The van der Waals surface area contributed by atoms with Crippen LogP contribution in [-0.2, 0) is 11.3 Å². The van der Waals surface area contributed by atoms with Gasteiger partial charge in [-0.1, -0.05) is 19.1 Å². The summed E-state index contributed by atoms with van der Waals surface area (Å²) < 4.78 is 0. The van der Waals surface area contributed by atoms with E-state index in [0.717, 1.165) is 31.2 Å². The lowest BCUT2D eigenvalue weighted by Crippen LogP contribution is -2.45. The molecule has 110 valence electrons. The third-order valence-corrected chi connectivity index (χ3v) is 4.03. The van der Waals surface area contributed by atoms with Crippen LogP contribution in [0.1, 0.15) is 32.3 Å². The maximum atomic E-state index is 11.0.